The van der Waals surface area contributed by atoms with E-state index in [1.807, 2.05) is 6.92 Å². The van der Waals surface area contributed by atoms with Gasteiger partial charge in [0.1, 0.15) is 0 Å². The number of hydrogen-bond donors (Lipinski definition) is 1. The van der Waals surface area contributed by atoms with Crippen LogP contribution < -0.4 is 0 Å². The summed E-state index contributed by atoms with van der Waals surface area (Å²) in [5, 5.41) is 9.59. The van der Waals surface area contributed by atoms with Crippen LogP contribution >= 0.6 is 11.6 Å². The van der Waals surface area contributed by atoms with E-state index in [9.17, 15) is 9.59 Å². The normalized spacial score (nSPS) is 23.2. The summed E-state index contributed by atoms with van der Waals surface area (Å²) in [7, 11) is 0. The molecule has 2 rings (SSSR count). The molecule has 1 fully saturated rings. The lowest BCUT2D eigenvalue weighted by molar-refractivity contribution is -0.145. The van der Waals surface area contributed by atoms with Crippen molar-refractivity contribution >= 4 is 23.5 Å². The van der Waals surface area contributed by atoms with Gasteiger partial charge in [-0.2, -0.15) is 0 Å². The standard InChI is InChI=1S/C14H16ClNO3/c1-9-8-16(6-5-12(9)14(18)19)13(17)10-3-2-4-11(15)7-10/h2-4,7,9,12H,5-6,8H2,1H3,(H,18,19). The lowest BCUT2D eigenvalue weighted by Gasteiger charge is -2.35. The molecule has 1 saturated heterocycles. The number of benzene rings is 1. The third-order valence-electron chi connectivity index (χ3n) is 3.58. The zero-order valence-corrected chi connectivity index (χ0v) is 11.4. The van der Waals surface area contributed by atoms with E-state index in [1.54, 1.807) is 29.2 Å². The number of carboxylic acids is 1. The van der Waals surface area contributed by atoms with Crippen molar-refractivity contribution < 1.29 is 14.7 Å². The number of rotatable bonds is 2. The van der Waals surface area contributed by atoms with Gasteiger partial charge in [-0.3, -0.25) is 9.59 Å². The van der Waals surface area contributed by atoms with Gasteiger partial charge in [-0.15, -0.1) is 0 Å². The maximum Gasteiger partial charge on any atom is 0.306 e. The van der Waals surface area contributed by atoms with Gasteiger partial charge in [0, 0.05) is 23.7 Å². The predicted octanol–water partition coefficient (Wildman–Crippen LogP) is 2.52. The van der Waals surface area contributed by atoms with Crippen LogP contribution in [0.15, 0.2) is 24.3 Å². The van der Waals surface area contributed by atoms with Crippen LogP contribution in [-0.4, -0.2) is 35.0 Å². The number of nitrogens with zero attached hydrogens (tertiary/aromatic N) is 1. The molecular weight excluding hydrogens is 266 g/mol. The molecule has 2 atom stereocenters. The Morgan fingerprint density at radius 1 is 1.42 bits per heavy atom. The molecule has 0 radical (unpaired) electrons. The molecular formula is C14H16ClNO3. The molecule has 102 valence electrons. The number of carbonyl (C=O) groups excluding carboxylic acids is 1. The Kier molecular flexibility index (Phi) is 4.10. The van der Waals surface area contributed by atoms with E-state index < -0.39 is 5.97 Å². The van der Waals surface area contributed by atoms with Gasteiger partial charge in [0.05, 0.1) is 5.92 Å². The average molecular weight is 282 g/mol. The van der Waals surface area contributed by atoms with Crippen LogP contribution in [0.1, 0.15) is 23.7 Å². The minimum absolute atomic E-state index is 0.0330. The van der Waals surface area contributed by atoms with Gasteiger partial charge < -0.3 is 10.0 Å². The van der Waals surface area contributed by atoms with Crippen LogP contribution in [0, 0.1) is 11.8 Å². The molecule has 1 aromatic carbocycles. The number of carbonyl (C=O) groups is 2. The average Bonchev–Trinajstić information content (AvgIpc) is 2.37. The molecule has 1 heterocycles. The Labute approximate surface area is 117 Å². The number of piperidine rings is 1. The highest BCUT2D eigenvalue weighted by Gasteiger charge is 2.33. The predicted molar refractivity (Wildman–Crippen MR) is 72.3 cm³/mol. The molecule has 19 heavy (non-hydrogen) atoms. The molecule has 0 bridgehead atoms. The minimum atomic E-state index is -0.776. The Morgan fingerprint density at radius 3 is 2.74 bits per heavy atom. The third kappa shape index (κ3) is 3.07. The summed E-state index contributed by atoms with van der Waals surface area (Å²) in [5.74, 6) is -1.25. The first-order chi connectivity index (χ1) is 8.99. The van der Waals surface area contributed by atoms with Crippen molar-refractivity contribution in [2.24, 2.45) is 11.8 Å². The van der Waals surface area contributed by atoms with Crippen molar-refractivity contribution in [3.63, 3.8) is 0 Å². The second kappa shape index (κ2) is 5.61. The second-order valence-corrected chi connectivity index (χ2v) is 5.41. The highest BCUT2D eigenvalue weighted by molar-refractivity contribution is 6.30. The summed E-state index contributed by atoms with van der Waals surface area (Å²) in [6, 6.07) is 6.82. The number of likely N-dealkylation sites (tertiary alicyclic amines) is 1. The molecule has 0 spiro atoms. The van der Waals surface area contributed by atoms with Gasteiger partial charge in [0.2, 0.25) is 0 Å². The molecule has 1 N–H and O–H groups in total. The Morgan fingerprint density at radius 2 is 2.16 bits per heavy atom. The van der Waals surface area contributed by atoms with E-state index in [1.165, 1.54) is 0 Å². The van der Waals surface area contributed by atoms with E-state index in [-0.39, 0.29) is 17.7 Å². The summed E-state index contributed by atoms with van der Waals surface area (Å²) in [6.45, 7) is 2.82. The molecule has 1 amide bonds. The fourth-order valence-corrected chi connectivity index (χ4v) is 2.69. The third-order valence-corrected chi connectivity index (χ3v) is 3.82. The highest BCUT2D eigenvalue weighted by Crippen LogP contribution is 2.25. The largest absolute Gasteiger partial charge is 0.481 e. The van der Waals surface area contributed by atoms with E-state index >= 15 is 0 Å². The monoisotopic (exact) mass is 281 g/mol. The molecule has 1 aliphatic heterocycles. The number of amides is 1. The summed E-state index contributed by atoms with van der Waals surface area (Å²) in [5.41, 5.74) is 0.550. The fraction of sp³-hybridized carbons (Fsp3) is 0.429. The number of hydrogen-bond acceptors (Lipinski definition) is 2. The van der Waals surface area contributed by atoms with Gasteiger partial charge in [-0.1, -0.05) is 24.6 Å². The van der Waals surface area contributed by atoms with Gasteiger partial charge in [0.25, 0.3) is 5.91 Å². The van der Waals surface area contributed by atoms with Crippen molar-refractivity contribution in [2.45, 2.75) is 13.3 Å². The van der Waals surface area contributed by atoms with E-state index in [4.69, 9.17) is 16.7 Å². The van der Waals surface area contributed by atoms with Gasteiger partial charge in [0.15, 0.2) is 0 Å². The molecule has 0 saturated carbocycles. The fourth-order valence-electron chi connectivity index (χ4n) is 2.50. The summed E-state index contributed by atoms with van der Waals surface area (Å²) in [4.78, 5) is 25.0. The molecule has 1 aromatic rings. The highest BCUT2D eigenvalue weighted by atomic mass is 35.5. The Hall–Kier alpha value is -1.55. The maximum atomic E-state index is 12.3. The maximum absolute atomic E-state index is 12.3. The lowest BCUT2D eigenvalue weighted by atomic mass is 9.87. The first-order valence-corrected chi connectivity index (χ1v) is 6.64. The van der Waals surface area contributed by atoms with Crippen LogP contribution in [0.4, 0.5) is 0 Å². The molecule has 2 unspecified atom stereocenters. The van der Waals surface area contributed by atoms with Crippen LogP contribution in [0.2, 0.25) is 5.02 Å². The van der Waals surface area contributed by atoms with E-state index in [0.29, 0.717) is 30.1 Å². The van der Waals surface area contributed by atoms with Crippen LogP contribution in [-0.2, 0) is 4.79 Å². The summed E-state index contributed by atoms with van der Waals surface area (Å²) < 4.78 is 0. The summed E-state index contributed by atoms with van der Waals surface area (Å²) >= 11 is 5.87. The Balaban J connectivity index is 2.08. The quantitative estimate of drug-likeness (QED) is 0.906. The molecule has 0 aromatic heterocycles. The van der Waals surface area contributed by atoms with Crippen molar-refractivity contribution in [1.82, 2.24) is 4.90 Å². The summed E-state index contributed by atoms with van der Waals surface area (Å²) in [6.07, 6.45) is 0.503. The van der Waals surface area contributed by atoms with E-state index in [2.05, 4.69) is 0 Å². The minimum Gasteiger partial charge on any atom is -0.481 e. The lowest BCUT2D eigenvalue weighted by Crippen LogP contribution is -2.45. The SMILES string of the molecule is CC1CN(C(=O)c2cccc(Cl)c2)CCC1C(=O)O. The zero-order chi connectivity index (χ0) is 14.0. The number of carboxylic acid groups (broad SMARTS) is 1. The van der Waals surface area contributed by atoms with Crippen molar-refractivity contribution in [3.05, 3.63) is 34.9 Å². The Bertz CT molecular complexity index is 503. The second-order valence-electron chi connectivity index (χ2n) is 4.97. The van der Waals surface area contributed by atoms with Crippen molar-refractivity contribution in [1.29, 1.82) is 0 Å². The molecule has 0 aliphatic carbocycles. The van der Waals surface area contributed by atoms with Crippen molar-refractivity contribution in [3.8, 4) is 0 Å². The van der Waals surface area contributed by atoms with Crippen molar-refractivity contribution in [2.75, 3.05) is 13.1 Å². The van der Waals surface area contributed by atoms with Crippen LogP contribution in [0.3, 0.4) is 0 Å². The van der Waals surface area contributed by atoms with Gasteiger partial charge in [-0.25, -0.2) is 0 Å². The van der Waals surface area contributed by atoms with Gasteiger partial charge in [-0.05, 0) is 30.5 Å². The van der Waals surface area contributed by atoms with Gasteiger partial charge >= 0.3 is 5.97 Å². The topological polar surface area (TPSA) is 57.6 Å². The van der Waals surface area contributed by atoms with Crippen LogP contribution in [0.5, 0.6) is 0 Å². The first-order valence-electron chi connectivity index (χ1n) is 6.26. The van der Waals surface area contributed by atoms with E-state index in [0.717, 1.165) is 0 Å². The molecule has 5 heteroatoms. The smallest absolute Gasteiger partial charge is 0.306 e. The zero-order valence-electron chi connectivity index (χ0n) is 10.7. The molecule has 4 nitrogen and oxygen atoms in total. The first kappa shape index (κ1) is 13.9. The number of aliphatic carboxylic acids is 1. The van der Waals surface area contributed by atoms with Crippen LogP contribution in [0.25, 0.3) is 0 Å². The number of halogens is 1. The molecule has 1 aliphatic rings.